The molecule has 0 amide bonds. The minimum absolute atomic E-state index is 0. The zero-order valence-corrected chi connectivity index (χ0v) is 19.1. The molecule has 1 aliphatic carbocycles. The number of ether oxygens (including phenoxy) is 5. The van der Waals surface area contributed by atoms with Gasteiger partial charge in [0.05, 0.1) is 29.9 Å². The Balaban J connectivity index is 0.00000241. The van der Waals surface area contributed by atoms with Gasteiger partial charge < -0.3 is 28.2 Å². The molecule has 2 aliphatic heterocycles. The summed E-state index contributed by atoms with van der Waals surface area (Å²) < 4.78 is 41.8. The molecule has 1 spiro atoms. The summed E-state index contributed by atoms with van der Waals surface area (Å²) in [6.07, 6.45) is 3.66. The second-order valence-electron chi connectivity index (χ2n) is 8.79. The average Bonchev–Trinajstić information content (AvgIpc) is 3.45. The summed E-state index contributed by atoms with van der Waals surface area (Å²) in [4.78, 5) is 12.1. The van der Waals surface area contributed by atoms with Gasteiger partial charge in [-0.2, -0.15) is 4.98 Å². The molecule has 1 atom stereocenters. The quantitative estimate of drug-likeness (QED) is 0.410. The zero-order chi connectivity index (χ0) is 22.4. The van der Waals surface area contributed by atoms with E-state index in [2.05, 4.69) is 15.0 Å². The van der Waals surface area contributed by atoms with E-state index in [1.54, 1.807) is 18.3 Å². The number of hydrogen-bond donors (Lipinski definition) is 1. The molecule has 3 aliphatic rings. The Bertz CT molecular complexity index is 1130. The number of nitrogens with one attached hydrogen (secondary N) is 1. The van der Waals surface area contributed by atoms with Crippen LogP contribution < -0.4 is 14.2 Å². The van der Waals surface area contributed by atoms with Crippen molar-refractivity contribution in [3.8, 4) is 17.2 Å². The molecule has 34 heavy (non-hydrogen) atoms. The topological polar surface area (TPSA) is 111 Å². The Kier molecular flexibility index (Phi) is 7.00. The molecule has 9 nitrogen and oxygen atoms in total. The van der Waals surface area contributed by atoms with E-state index in [4.69, 9.17) is 23.7 Å². The molecule has 1 aromatic carbocycles. The molecule has 2 fully saturated rings. The average molecular weight is 496 g/mol. The SMILES string of the molecule is Cc1c(OCC2OCC3(CC3)CO2)ccnc1C[S+]([O-])c1nc2cc3c(cc2[nH]1)OCCO3.[NaH]. The fourth-order valence-electron chi connectivity index (χ4n) is 4.03. The van der Waals surface area contributed by atoms with Crippen molar-refractivity contribution in [2.45, 2.75) is 37.0 Å². The van der Waals surface area contributed by atoms with Gasteiger partial charge in [-0.05, 0) is 25.8 Å². The second-order valence-corrected chi connectivity index (χ2v) is 10.2. The molecule has 1 N–H and O–H groups in total. The number of H-pyrrole nitrogens is 1. The van der Waals surface area contributed by atoms with Gasteiger partial charge in [-0.1, -0.05) is 0 Å². The number of benzene rings is 1. The Labute approximate surface area is 222 Å². The van der Waals surface area contributed by atoms with Crippen molar-refractivity contribution in [3.63, 3.8) is 0 Å². The monoisotopic (exact) mass is 495 g/mol. The van der Waals surface area contributed by atoms with Crippen LogP contribution in [0.5, 0.6) is 17.2 Å². The van der Waals surface area contributed by atoms with E-state index in [-0.39, 0.29) is 47.0 Å². The first kappa shape index (κ1) is 24.2. The Morgan fingerprint density at radius 1 is 1.18 bits per heavy atom. The number of hydrogen-bond acceptors (Lipinski definition) is 8. The number of aromatic amines is 1. The van der Waals surface area contributed by atoms with E-state index in [1.165, 1.54) is 12.8 Å². The molecular formula is C23H26N3NaO6S. The van der Waals surface area contributed by atoms with Crippen LogP contribution in [0.3, 0.4) is 0 Å². The molecule has 1 unspecified atom stereocenters. The summed E-state index contributed by atoms with van der Waals surface area (Å²) in [5.41, 5.74) is 3.24. The standard InChI is InChI=1S/C23H25N3O6S.Na.H/c1-14-17(24-5-2-18(14)30-10-21-31-12-23(3-4-23)13-32-21)11-33(27)22-25-15-8-19-20(9-16(15)26-22)29-7-6-28-19;;/h2,5,8-9,21H,3-4,6-7,10-13H2,1H3,(H,25,26);;. The normalized spacial score (nSPS) is 19.6. The molecule has 4 heterocycles. The molecule has 1 saturated carbocycles. The molecule has 0 bridgehead atoms. The van der Waals surface area contributed by atoms with Gasteiger partial charge in [-0.3, -0.25) is 9.97 Å². The third-order valence-electron chi connectivity index (χ3n) is 6.35. The van der Waals surface area contributed by atoms with Gasteiger partial charge in [-0.25, -0.2) is 0 Å². The molecule has 1 saturated heterocycles. The molecular weight excluding hydrogens is 469 g/mol. The number of imidazole rings is 1. The summed E-state index contributed by atoms with van der Waals surface area (Å²) >= 11 is -1.41. The molecule has 6 rings (SSSR count). The van der Waals surface area contributed by atoms with Gasteiger partial charge in [0.25, 0.3) is 0 Å². The van der Waals surface area contributed by atoms with Gasteiger partial charge in [0.15, 0.2) is 23.5 Å². The number of rotatable bonds is 6. The summed E-state index contributed by atoms with van der Waals surface area (Å²) in [6.45, 7) is 4.71. The van der Waals surface area contributed by atoms with Crippen molar-refractivity contribution in [3.05, 3.63) is 35.7 Å². The van der Waals surface area contributed by atoms with E-state index in [9.17, 15) is 4.55 Å². The number of fused-ring (bicyclic) bond motifs is 2. The van der Waals surface area contributed by atoms with E-state index in [0.717, 1.165) is 24.3 Å². The van der Waals surface area contributed by atoms with Gasteiger partial charge in [-0.15, -0.1) is 0 Å². The van der Waals surface area contributed by atoms with E-state index in [0.29, 0.717) is 53.4 Å². The van der Waals surface area contributed by atoms with Crippen molar-refractivity contribution >= 4 is 51.8 Å². The maximum absolute atomic E-state index is 13.1. The van der Waals surface area contributed by atoms with Gasteiger partial charge in [0.2, 0.25) is 0 Å². The van der Waals surface area contributed by atoms with Crippen molar-refractivity contribution in [1.82, 2.24) is 15.0 Å². The summed E-state index contributed by atoms with van der Waals surface area (Å²) in [6, 6.07) is 5.44. The van der Waals surface area contributed by atoms with Crippen LogP contribution in [0.4, 0.5) is 0 Å². The van der Waals surface area contributed by atoms with E-state index < -0.39 is 11.2 Å². The predicted molar refractivity (Wildman–Crippen MR) is 126 cm³/mol. The summed E-state index contributed by atoms with van der Waals surface area (Å²) in [5.74, 6) is 2.21. The second kappa shape index (κ2) is 9.85. The van der Waals surface area contributed by atoms with Crippen LogP contribution in [-0.4, -0.2) is 88.4 Å². The zero-order valence-electron chi connectivity index (χ0n) is 18.3. The van der Waals surface area contributed by atoms with Crippen LogP contribution in [0.1, 0.15) is 24.1 Å². The first-order chi connectivity index (χ1) is 16.1. The van der Waals surface area contributed by atoms with Crippen molar-refractivity contribution in [1.29, 1.82) is 0 Å². The predicted octanol–water partition coefficient (Wildman–Crippen LogP) is 2.23. The van der Waals surface area contributed by atoms with Crippen molar-refractivity contribution in [2.24, 2.45) is 5.41 Å². The molecule has 2 aromatic heterocycles. The molecule has 3 aromatic rings. The van der Waals surface area contributed by atoms with Crippen LogP contribution in [0.15, 0.2) is 29.6 Å². The first-order valence-corrected chi connectivity index (χ1v) is 12.4. The molecule has 0 radical (unpaired) electrons. The number of pyridine rings is 1. The first-order valence-electron chi connectivity index (χ1n) is 11.1. The summed E-state index contributed by atoms with van der Waals surface area (Å²) in [7, 11) is 0. The third kappa shape index (κ3) is 4.90. The van der Waals surface area contributed by atoms with Crippen LogP contribution in [0.25, 0.3) is 11.0 Å². The van der Waals surface area contributed by atoms with Crippen molar-refractivity contribution < 1.29 is 28.2 Å². The maximum atomic E-state index is 13.1. The van der Waals surface area contributed by atoms with E-state index >= 15 is 0 Å². The van der Waals surface area contributed by atoms with Gasteiger partial charge in [0.1, 0.15) is 25.6 Å². The Morgan fingerprint density at radius 2 is 1.91 bits per heavy atom. The molecule has 11 heteroatoms. The number of aromatic nitrogens is 3. The number of nitrogens with zero attached hydrogens (tertiary/aromatic N) is 2. The Morgan fingerprint density at radius 3 is 2.65 bits per heavy atom. The van der Waals surface area contributed by atoms with Crippen molar-refractivity contribution in [2.75, 3.05) is 33.0 Å². The van der Waals surface area contributed by atoms with Crippen LogP contribution >= 0.6 is 0 Å². The van der Waals surface area contributed by atoms with Crippen LogP contribution in [0.2, 0.25) is 0 Å². The summed E-state index contributed by atoms with van der Waals surface area (Å²) in [5, 5.41) is 0.387. The fraction of sp³-hybridized carbons (Fsp3) is 0.478. The van der Waals surface area contributed by atoms with Gasteiger partial charge in [0, 0.05) is 40.5 Å². The van der Waals surface area contributed by atoms with Crippen LogP contribution in [-0.2, 0) is 26.4 Å². The minimum atomic E-state index is -1.41. The van der Waals surface area contributed by atoms with Crippen LogP contribution in [0, 0.1) is 12.3 Å². The third-order valence-corrected chi connectivity index (χ3v) is 7.51. The molecule has 176 valence electrons. The fourth-order valence-corrected chi connectivity index (χ4v) is 5.13. The Hall–Kier alpha value is -1.53. The van der Waals surface area contributed by atoms with E-state index in [1.807, 2.05) is 13.0 Å². The van der Waals surface area contributed by atoms with Gasteiger partial charge >= 0.3 is 34.7 Å².